The Bertz CT molecular complexity index is 581. The maximum absolute atomic E-state index is 13.0. The number of ether oxygens (including phenoxy) is 1. The molecule has 1 aliphatic heterocycles. The molecule has 28 heavy (non-hydrogen) atoms. The largest absolute Gasteiger partial charge is 0.444 e. The maximum Gasteiger partial charge on any atom is 0.408 e. The van der Waals surface area contributed by atoms with Crippen LogP contribution in [0.1, 0.15) is 73.6 Å². The summed E-state index contributed by atoms with van der Waals surface area (Å²) >= 11 is 0. The second-order valence-electron chi connectivity index (χ2n) is 9.74. The molecular weight excluding hydrogens is 356 g/mol. The van der Waals surface area contributed by atoms with Crippen LogP contribution in [0.5, 0.6) is 0 Å². The molecule has 7 nitrogen and oxygen atoms in total. The van der Waals surface area contributed by atoms with Crippen molar-refractivity contribution in [1.29, 1.82) is 5.26 Å². The van der Waals surface area contributed by atoms with Crippen LogP contribution in [0.15, 0.2) is 0 Å². The first-order valence-electron chi connectivity index (χ1n) is 10.2. The lowest BCUT2D eigenvalue weighted by Gasteiger charge is -2.37. The van der Waals surface area contributed by atoms with Gasteiger partial charge >= 0.3 is 6.09 Å². The number of hydrogen-bond donors (Lipinski definition) is 2. The van der Waals surface area contributed by atoms with Gasteiger partial charge in [-0.25, -0.2) is 4.79 Å². The zero-order chi connectivity index (χ0) is 21.6. The Kier molecular flexibility index (Phi) is 8.30. The summed E-state index contributed by atoms with van der Waals surface area (Å²) < 4.78 is 5.33. The lowest BCUT2D eigenvalue weighted by Crippen LogP contribution is -2.58. The SMILES string of the molecule is CCC(C)(C)CC[C@H](NC(=O)OC(C)(C)C)C(=O)NC1(C#N)CCN(C)CC1. The van der Waals surface area contributed by atoms with Crippen LogP contribution < -0.4 is 10.6 Å². The molecule has 0 aromatic heterocycles. The fraction of sp³-hybridized carbons (Fsp3) is 0.857. The first-order valence-corrected chi connectivity index (χ1v) is 10.2. The average molecular weight is 395 g/mol. The number of nitrogens with zero attached hydrogens (tertiary/aromatic N) is 2. The minimum absolute atomic E-state index is 0.0641. The Balaban J connectivity index is 2.88. The molecule has 1 saturated heterocycles. The predicted octanol–water partition coefficient (Wildman–Crippen LogP) is 3.20. The monoisotopic (exact) mass is 394 g/mol. The molecule has 1 heterocycles. The number of rotatable bonds is 7. The highest BCUT2D eigenvalue weighted by atomic mass is 16.6. The van der Waals surface area contributed by atoms with E-state index in [-0.39, 0.29) is 11.3 Å². The number of amides is 2. The molecule has 1 fully saturated rings. The minimum Gasteiger partial charge on any atom is -0.444 e. The Hall–Kier alpha value is -1.81. The van der Waals surface area contributed by atoms with E-state index >= 15 is 0 Å². The van der Waals surface area contributed by atoms with Crippen molar-refractivity contribution in [3.05, 3.63) is 0 Å². The van der Waals surface area contributed by atoms with Crippen molar-refractivity contribution in [3.8, 4) is 6.07 Å². The molecule has 1 atom stereocenters. The molecule has 0 aromatic rings. The van der Waals surface area contributed by atoms with Crippen molar-refractivity contribution < 1.29 is 14.3 Å². The highest BCUT2D eigenvalue weighted by Crippen LogP contribution is 2.27. The molecule has 1 aliphatic rings. The normalized spacial score (nSPS) is 18.6. The van der Waals surface area contributed by atoms with E-state index in [1.54, 1.807) is 20.8 Å². The second kappa shape index (κ2) is 9.60. The average Bonchev–Trinajstić information content (AvgIpc) is 2.59. The summed E-state index contributed by atoms with van der Waals surface area (Å²) in [5, 5.41) is 15.3. The van der Waals surface area contributed by atoms with E-state index < -0.39 is 23.3 Å². The van der Waals surface area contributed by atoms with Gasteiger partial charge in [-0.1, -0.05) is 27.2 Å². The molecular formula is C21H38N4O3. The molecule has 7 heteroatoms. The standard InChI is InChI=1S/C21H38N4O3/c1-8-20(5,6)10-9-16(23-18(27)28-19(2,3)4)17(26)24-21(15-22)11-13-25(7)14-12-21/h16H,8-14H2,1-7H3,(H,23,27)(H,24,26)/t16-/m0/s1. The van der Waals surface area contributed by atoms with Gasteiger partial charge in [0.15, 0.2) is 0 Å². The van der Waals surface area contributed by atoms with Gasteiger partial charge in [0.2, 0.25) is 5.91 Å². The third-order valence-electron chi connectivity index (χ3n) is 5.49. The first-order chi connectivity index (χ1) is 12.8. The molecule has 0 aliphatic carbocycles. The number of likely N-dealkylation sites (tertiary alicyclic amines) is 1. The summed E-state index contributed by atoms with van der Waals surface area (Å²) in [7, 11) is 2.00. The van der Waals surface area contributed by atoms with E-state index in [1.807, 2.05) is 7.05 Å². The second-order valence-corrected chi connectivity index (χ2v) is 9.74. The van der Waals surface area contributed by atoms with Crippen LogP contribution in [0.25, 0.3) is 0 Å². The van der Waals surface area contributed by atoms with Crippen molar-refractivity contribution in [1.82, 2.24) is 15.5 Å². The molecule has 160 valence electrons. The van der Waals surface area contributed by atoms with Crippen molar-refractivity contribution in [3.63, 3.8) is 0 Å². The Morgan fingerprint density at radius 2 is 1.79 bits per heavy atom. The van der Waals surface area contributed by atoms with Crippen LogP contribution in [0, 0.1) is 16.7 Å². The summed E-state index contributed by atoms with van der Waals surface area (Å²) in [4.78, 5) is 27.4. The van der Waals surface area contributed by atoms with E-state index in [4.69, 9.17) is 4.74 Å². The van der Waals surface area contributed by atoms with Crippen LogP contribution in [-0.2, 0) is 9.53 Å². The number of carbonyl (C=O) groups excluding carboxylic acids is 2. The lowest BCUT2D eigenvalue weighted by atomic mass is 9.83. The predicted molar refractivity (Wildman–Crippen MR) is 110 cm³/mol. The van der Waals surface area contributed by atoms with Gasteiger partial charge in [0.05, 0.1) is 6.07 Å². The quantitative estimate of drug-likeness (QED) is 0.691. The number of nitriles is 1. The van der Waals surface area contributed by atoms with Crippen molar-refractivity contribution in [2.45, 2.75) is 90.8 Å². The van der Waals surface area contributed by atoms with Crippen molar-refractivity contribution in [2.24, 2.45) is 5.41 Å². The van der Waals surface area contributed by atoms with Crippen LogP contribution >= 0.6 is 0 Å². The zero-order valence-electron chi connectivity index (χ0n) is 18.6. The van der Waals surface area contributed by atoms with Crippen molar-refractivity contribution in [2.75, 3.05) is 20.1 Å². The zero-order valence-corrected chi connectivity index (χ0v) is 18.6. The number of carbonyl (C=O) groups is 2. The van der Waals surface area contributed by atoms with Gasteiger partial charge in [0.25, 0.3) is 0 Å². The van der Waals surface area contributed by atoms with Crippen LogP contribution in [0.4, 0.5) is 4.79 Å². The van der Waals surface area contributed by atoms with Crippen molar-refractivity contribution >= 4 is 12.0 Å². The van der Waals surface area contributed by atoms with E-state index in [2.05, 4.69) is 42.4 Å². The maximum atomic E-state index is 13.0. The third-order valence-corrected chi connectivity index (χ3v) is 5.49. The third kappa shape index (κ3) is 8.05. The lowest BCUT2D eigenvalue weighted by molar-refractivity contribution is -0.125. The molecule has 0 saturated carbocycles. The van der Waals surface area contributed by atoms with E-state index in [0.29, 0.717) is 19.3 Å². The van der Waals surface area contributed by atoms with Gasteiger partial charge in [0.1, 0.15) is 17.2 Å². The fourth-order valence-corrected chi connectivity index (χ4v) is 3.02. The molecule has 0 radical (unpaired) electrons. The Morgan fingerprint density at radius 3 is 2.25 bits per heavy atom. The molecule has 0 aromatic carbocycles. The molecule has 0 unspecified atom stereocenters. The Morgan fingerprint density at radius 1 is 1.21 bits per heavy atom. The summed E-state index contributed by atoms with van der Waals surface area (Å²) in [6.07, 6.45) is 2.78. The van der Waals surface area contributed by atoms with Gasteiger partial charge in [-0.05, 0) is 58.9 Å². The summed E-state index contributed by atoms with van der Waals surface area (Å²) in [5.74, 6) is -0.316. The highest BCUT2D eigenvalue weighted by Gasteiger charge is 2.38. The number of nitrogens with one attached hydrogen (secondary N) is 2. The highest BCUT2D eigenvalue weighted by molar-refractivity contribution is 5.86. The molecule has 0 bridgehead atoms. The minimum atomic E-state index is -0.877. The number of piperidine rings is 1. The van der Waals surface area contributed by atoms with E-state index in [0.717, 1.165) is 25.9 Å². The smallest absolute Gasteiger partial charge is 0.408 e. The Labute approximate surface area is 170 Å². The van der Waals surface area contributed by atoms with E-state index in [9.17, 15) is 14.9 Å². The van der Waals surface area contributed by atoms with Crippen LogP contribution in [-0.4, -0.2) is 54.2 Å². The van der Waals surface area contributed by atoms with E-state index in [1.165, 1.54) is 0 Å². The summed E-state index contributed by atoms with van der Waals surface area (Å²) in [6, 6.07) is 1.57. The van der Waals surface area contributed by atoms with Gasteiger partial charge in [-0.3, -0.25) is 4.79 Å². The van der Waals surface area contributed by atoms with Gasteiger partial charge in [-0.2, -0.15) is 5.26 Å². The summed E-state index contributed by atoms with van der Waals surface area (Å²) in [6.45, 7) is 13.2. The number of hydrogen-bond acceptors (Lipinski definition) is 5. The first kappa shape index (κ1) is 24.2. The van der Waals surface area contributed by atoms with Gasteiger partial charge in [0, 0.05) is 13.1 Å². The van der Waals surface area contributed by atoms with Gasteiger partial charge in [-0.15, -0.1) is 0 Å². The summed E-state index contributed by atoms with van der Waals surface area (Å²) in [5.41, 5.74) is -1.46. The number of alkyl carbamates (subject to hydrolysis) is 1. The fourth-order valence-electron chi connectivity index (χ4n) is 3.02. The molecule has 2 amide bonds. The topological polar surface area (TPSA) is 94.5 Å². The van der Waals surface area contributed by atoms with Gasteiger partial charge < -0.3 is 20.3 Å². The molecule has 2 N–H and O–H groups in total. The molecule has 0 spiro atoms. The van der Waals surface area contributed by atoms with Crippen LogP contribution in [0.3, 0.4) is 0 Å². The van der Waals surface area contributed by atoms with Crippen LogP contribution in [0.2, 0.25) is 0 Å². The molecule has 1 rings (SSSR count).